The Balaban J connectivity index is 2.14. The van der Waals surface area contributed by atoms with E-state index in [4.69, 9.17) is 4.84 Å². The molecule has 0 amide bonds. The summed E-state index contributed by atoms with van der Waals surface area (Å²) in [4.78, 5) is 18.9. The molecule has 94 valence electrons. The molecule has 1 aliphatic rings. The van der Waals surface area contributed by atoms with E-state index in [2.05, 4.69) is 10.2 Å². The second kappa shape index (κ2) is 7.60. The van der Waals surface area contributed by atoms with Crippen molar-refractivity contribution in [1.29, 1.82) is 0 Å². The van der Waals surface area contributed by atoms with Gasteiger partial charge in [0.25, 0.3) is 0 Å². The van der Waals surface area contributed by atoms with Gasteiger partial charge in [0.1, 0.15) is 0 Å². The summed E-state index contributed by atoms with van der Waals surface area (Å²) in [5, 5.41) is 4.92. The minimum atomic E-state index is -0.105. The Morgan fingerprint density at radius 2 is 2.00 bits per heavy atom. The van der Waals surface area contributed by atoms with Crippen molar-refractivity contribution in [2.24, 2.45) is 0 Å². The lowest BCUT2D eigenvalue weighted by molar-refractivity contribution is -0.197. The molecule has 1 fully saturated rings. The van der Waals surface area contributed by atoms with Crippen LogP contribution in [0.15, 0.2) is 0 Å². The summed E-state index contributed by atoms with van der Waals surface area (Å²) in [6, 6.07) is 0. The van der Waals surface area contributed by atoms with Gasteiger partial charge in [0.05, 0.1) is 0 Å². The monoisotopic (exact) mass is 229 g/mol. The van der Waals surface area contributed by atoms with Crippen LogP contribution in [0.5, 0.6) is 0 Å². The van der Waals surface area contributed by atoms with Crippen LogP contribution in [0.3, 0.4) is 0 Å². The lowest BCUT2D eigenvalue weighted by atomic mass is 10.3. The maximum Gasteiger partial charge on any atom is 0.325 e. The van der Waals surface area contributed by atoms with Crippen LogP contribution in [0.4, 0.5) is 0 Å². The van der Waals surface area contributed by atoms with Gasteiger partial charge in [-0.1, -0.05) is 6.92 Å². The second-order valence-corrected chi connectivity index (χ2v) is 4.09. The van der Waals surface area contributed by atoms with Crippen molar-refractivity contribution in [3.63, 3.8) is 0 Å². The van der Waals surface area contributed by atoms with Crippen LogP contribution < -0.4 is 5.32 Å². The summed E-state index contributed by atoms with van der Waals surface area (Å²) in [6.45, 7) is 7.64. The van der Waals surface area contributed by atoms with Crippen LogP contribution in [0.25, 0.3) is 0 Å². The fourth-order valence-electron chi connectivity index (χ4n) is 1.71. The average Bonchev–Trinajstić information content (AvgIpc) is 2.28. The van der Waals surface area contributed by atoms with Crippen molar-refractivity contribution >= 4 is 5.97 Å². The van der Waals surface area contributed by atoms with Gasteiger partial charge in [0.15, 0.2) is 0 Å². The molecule has 1 heterocycles. The molecule has 16 heavy (non-hydrogen) atoms. The largest absolute Gasteiger partial charge is 0.368 e. The van der Waals surface area contributed by atoms with Crippen molar-refractivity contribution in [2.75, 3.05) is 46.3 Å². The van der Waals surface area contributed by atoms with E-state index in [0.29, 0.717) is 6.42 Å². The van der Waals surface area contributed by atoms with Crippen molar-refractivity contribution in [3.8, 4) is 0 Å². The Kier molecular flexibility index (Phi) is 6.37. The Bertz CT molecular complexity index is 203. The minimum Gasteiger partial charge on any atom is -0.368 e. The van der Waals surface area contributed by atoms with E-state index in [1.54, 1.807) is 5.06 Å². The van der Waals surface area contributed by atoms with Crippen LogP contribution in [0.1, 0.15) is 19.8 Å². The molecule has 0 aromatic heterocycles. The molecule has 1 saturated heterocycles. The van der Waals surface area contributed by atoms with E-state index in [-0.39, 0.29) is 5.97 Å². The van der Waals surface area contributed by atoms with Gasteiger partial charge < -0.3 is 10.2 Å². The smallest absolute Gasteiger partial charge is 0.325 e. The molecule has 0 aromatic rings. The fourth-order valence-corrected chi connectivity index (χ4v) is 1.71. The highest BCUT2D eigenvalue weighted by Gasteiger charge is 2.19. The Hall–Kier alpha value is -0.650. The summed E-state index contributed by atoms with van der Waals surface area (Å²) in [5.74, 6) is -0.105. The van der Waals surface area contributed by atoms with Crippen molar-refractivity contribution in [2.45, 2.75) is 19.8 Å². The molecule has 1 N–H and O–H groups in total. The lowest BCUT2D eigenvalue weighted by Crippen LogP contribution is -2.48. The summed E-state index contributed by atoms with van der Waals surface area (Å²) < 4.78 is 0. The molecule has 5 nitrogen and oxygen atoms in total. The van der Waals surface area contributed by atoms with Crippen molar-refractivity contribution < 1.29 is 9.63 Å². The zero-order chi connectivity index (χ0) is 11.8. The Morgan fingerprint density at radius 1 is 1.31 bits per heavy atom. The molecule has 5 heteroatoms. The lowest BCUT2D eigenvalue weighted by Gasteiger charge is -2.33. The third-order valence-electron chi connectivity index (χ3n) is 2.69. The molecule has 0 aromatic carbocycles. The summed E-state index contributed by atoms with van der Waals surface area (Å²) in [5.41, 5.74) is 0. The van der Waals surface area contributed by atoms with Crippen LogP contribution in [-0.2, 0) is 9.63 Å². The number of piperazine rings is 1. The fraction of sp³-hybridized carbons (Fsp3) is 0.909. The number of nitrogens with zero attached hydrogens (tertiary/aromatic N) is 2. The van der Waals surface area contributed by atoms with Gasteiger partial charge >= 0.3 is 5.97 Å². The van der Waals surface area contributed by atoms with Gasteiger partial charge in [-0.25, -0.2) is 0 Å². The zero-order valence-corrected chi connectivity index (χ0v) is 10.4. The van der Waals surface area contributed by atoms with Gasteiger partial charge in [0.2, 0.25) is 0 Å². The standard InChI is InChI=1S/C11H23N3O2/c1-3-4-11(15)16-14-9-7-13(8-10-14)6-5-12-2/h12H,3-10H2,1-2H3. The number of hydroxylamine groups is 2. The Morgan fingerprint density at radius 3 is 2.56 bits per heavy atom. The number of nitrogens with one attached hydrogen (secondary N) is 1. The molecule has 0 bridgehead atoms. The number of hydrogen-bond acceptors (Lipinski definition) is 5. The summed E-state index contributed by atoms with van der Waals surface area (Å²) >= 11 is 0. The third kappa shape index (κ3) is 4.92. The van der Waals surface area contributed by atoms with E-state index < -0.39 is 0 Å². The van der Waals surface area contributed by atoms with Crippen LogP contribution in [0.2, 0.25) is 0 Å². The molecule has 0 unspecified atom stereocenters. The van der Waals surface area contributed by atoms with E-state index in [0.717, 1.165) is 45.7 Å². The normalized spacial score (nSPS) is 18.6. The highest BCUT2D eigenvalue weighted by molar-refractivity contribution is 5.68. The first kappa shape index (κ1) is 13.4. The molecule has 0 aliphatic carbocycles. The first-order valence-corrected chi connectivity index (χ1v) is 6.09. The predicted octanol–water partition coefficient (Wildman–Crippen LogP) is 0.0817. The summed E-state index contributed by atoms with van der Waals surface area (Å²) in [6.07, 6.45) is 1.36. The van der Waals surface area contributed by atoms with Gasteiger partial charge in [0, 0.05) is 45.7 Å². The molecular weight excluding hydrogens is 206 g/mol. The van der Waals surface area contributed by atoms with Gasteiger partial charge in [-0.05, 0) is 13.5 Å². The van der Waals surface area contributed by atoms with Gasteiger partial charge in [-0.2, -0.15) is 0 Å². The first-order valence-electron chi connectivity index (χ1n) is 6.09. The number of likely N-dealkylation sites (N-methyl/N-ethyl adjacent to an activating group) is 1. The highest BCUT2D eigenvalue weighted by Crippen LogP contribution is 2.03. The highest BCUT2D eigenvalue weighted by atomic mass is 16.7. The molecular formula is C11H23N3O2. The quantitative estimate of drug-likeness (QED) is 0.699. The minimum absolute atomic E-state index is 0.105. The maximum absolute atomic E-state index is 11.3. The molecule has 1 rings (SSSR count). The van der Waals surface area contributed by atoms with Crippen LogP contribution in [0, 0.1) is 0 Å². The summed E-state index contributed by atoms with van der Waals surface area (Å²) in [7, 11) is 1.96. The van der Waals surface area contributed by atoms with E-state index in [1.807, 2.05) is 14.0 Å². The van der Waals surface area contributed by atoms with Gasteiger partial charge in [-0.3, -0.25) is 9.69 Å². The van der Waals surface area contributed by atoms with E-state index >= 15 is 0 Å². The topological polar surface area (TPSA) is 44.8 Å². The van der Waals surface area contributed by atoms with Gasteiger partial charge in [-0.15, -0.1) is 5.06 Å². The number of hydrogen-bond donors (Lipinski definition) is 1. The van der Waals surface area contributed by atoms with Crippen molar-refractivity contribution in [1.82, 2.24) is 15.3 Å². The maximum atomic E-state index is 11.3. The molecule has 0 saturated carbocycles. The Labute approximate surface area is 97.7 Å². The third-order valence-corrected chi connectivity index (χ3v) is 2.69. The molecule has 0 radical (unpaired) electrons. The first-order chi connectivity index (χ1) is 7.76. The number of carbonyl (C=O) groups excluding carboxylic acids is 1. The number of rotatable bonds is 6. The molecule has 0 spiro atoms. The van der Waals surface area contributed by atoms with Crippen molar-refractivity contribution in [3.05, 3.63) is 0 Å². The van der Waals surface area contributed by atoms with Crippen LogP contribution in [-0.4, -0.2) is 62.2 Å². The number of carbonyl (C=O) groups is 1. The van der Waals surface area contributed by atoms with Crippen LogP contribution >= 0.6 is 0 Å². The van der Waals surface area contributed by atoms with E-state index in [1.165, 1.54) is 0 Å². The molecule has 0 atom stereocenters. The zero-order valence-electron chi connectivity index (χ0n) is 10.4. The average molecular weight is 229 g/mol. The molecule has 1 aliphatic heterocycles. The SMILES string of the molecule is CCCC(=O)ON1CCN(CCNC)CC1. The predicted molar refractivity (Wildman–Crippen MR) is 62.9 cm³/mol. The van der Waals surface area contributed by atoms with E-state index in [9.17, 15) is 4.79 Å². The second-order valence-electron chi connectivity index (χ2n) is 4.09.